The summed E-state index contributed by atoms with van der Waals surface area (Å²) in [6.07, 6.45) is 0.891. The quantitative estimate of drug-likeness (QED) is 0.939. The Bertz CT molecular complexity index is 711. The van der Waals surface area contributed by atoms with E-state index in [1.54, 1.807) is 7.11 Å². The van der Waals surface area contributed by atoms with Crippen molar-refractivity contribution in [1.29, 1.82) is 0 Å². The van der Waals surface area contributed by atoms with Gasteiger partial charge in [-0.15, -0.1) is 11.3 Å². The molecule has 3 heterocycles. The van der Waals surface area contributed by atoms with Gasteiger partial charge in [-0.25, -0.2) is 9.78 Å². The first-order valence-corrected chi connectivity index (χ1v) is 7.96. The van der Waals surface area contributed by atoms with Gasteiger partial charge >= 0.3 is 5.97 Å². The maximum absolute atomic E-state index is 11.1. The van der Waals surface area contributed by atoms with Crippen molar-refractivity contribution in [2.24, 2.45) is 0 Å². The third kappa shape index (κ3) is 2.98. The fourth-order valence-corrected chi connectivity index (χ4v) is 3.78. The van der Waals surface area contributed by atoms with Gasteiger partial charge in [0.15, 0.2) is 0 Å². The summed E-state index contributed by atoms with van der Waals surface area (Å²) in [6.45, 7) is 4.42. The molecule has 1 aliphatic heterocycles. The Labute approximate surface area is 133 Å². The number of carbonyl (C=O) groups is 1. The molecule has 0 aliphatic carbocycles. The van der Waals surface area contributed by atoms with Crippen molar-refractivity contribution >= 4 is 17.3 Å². The number of aryl methyl sites for hydroxylation is 1. The van der Waals surface area contributed by atoms with Crippen LogP contribution in [0.15, 0.2) is 18.2 Å². The molecule has 0 spiro atoms. The van der Waals surface area contributed by atoms with E-state index in [-0.39, 0.29) is 0 Å². The molecule has 6 heteroatoms. The van der Waals surface area contributed by atoms with E-state index in [0.717, 1.165) is 42.2 Å². The Hall–Kier alpha value is -1.92. The molecule has 5 nitrogen and oxygen atoms in total. The second kappa shape index (κ2) is 6.06. The third-order valence-corrected chi connectivity index (χ3v) is 5.01. The smallest absolute Gasteiger partial charge is 0.345 e. The molecule has 1 N–H and O–H groups in total. The van der Waals surface area contributed by atoms with Gasteiger partial charge in [-0.2, -0.15) is 0 Å². The lowest BCUT2D eigenvalue weighted by Gasteiger charge is -2.26. The largest absolute Gasteiger partial charge is 0.481 e. The number of methoxy groups -OCH3 is 1. The van der Waals surface area contributed by atoms with Gasteiger partial charge in [0.1, 0.15) is 4.88 Å². The molecule has 22 heavy (non-hydrogen) atoms. The summed E-state index contributed by atoms with van der Waals surface area (Å²) in [4.78, 5) is 19.5. The van der Waals surface area contributed by atoms with E-state index in [4.69, 9.17) is 9.84 Å². The summed E-state index contributed by atoms with van der Waals surface area (Å²) in [6, 6.07) is 5.85. The molecular formula is C16H18N2O3S. The fourth-order valence-electron chi connectivity index (χ4n) is 2.69. The Morgan fingerprint density at radius 1 is 1.50 bits per heavy atom. The van der Waals surface area contributed by atoms with Crippen LogP contribution in [0.1, 0.15) is 31.4 Å². The summed E-state index contributed by atoms with van der Waals surface area (Å²) in [7, 11) is 1.63. The maximum Gasteiger partial charge on any atom is 0.345 e. The van der Waals surface area contributed by atoms with Gasteiger partial charge in [0.05, 0.1) is 12.8 Å². The number of nitrogens with zero attached hydrogens (tertiary/aromatic N) is 2. The minimum atomic E-state index is -0.837. The molecule has 1 aliphatic rings. The van der Waals surface area contributed by atoms with E-state index in [1.165, 1.54) is 16.9 Å². The van der Waals surface area contributed by atoms with Gasteiger partial charge in [-0.05, 0) is 31.0 Å². The monoisotopic (exact) mass is 318 g/mol. The van der Waals surface area contributed by atoms with Crippen molar-refractivity contribution in [3.05, 3.63) is 44.8 Å². The van der Waals surface area contributed by atoms with Crippen LogP contribution >= 0.6 is 11.3 Å². The van der Waals surface area contributed by atoms with Gasteiger partial charge in [-0.3, -0.25) is 4.90 Å². The molecule has 0 fully saturated rings. The first-order chi connectivity index (χ1) is 10.6. The SMILES string of the molecule is COc1nc(CN2CCc3cc(C(=O)O)sc3C2)ccc1C. The molecule has 0 aromatic carbocycles. The molecule has 0 saturated carbocycles. The summed E-state index contributed by atoms with van der Waals surface area (Å²) >= 11 is 1.38. The van der Waals surface area contributed by atoms with E-state index in [1.807, 2.05) is 25.1 Å². The Balaban J connectivity index is 1.73. The van der Waals surface area contributed by atoms with Crippen LogP contribution in [-0.2, 0) is 19.5 Å². The van der Waals surface area contributed by atoms with Crippen molar-refractivity contribution in [2.75, 3.05) is 13.7 Å². The number of hydrogen-bond acceptors (Lipinski definition) is 5. The molecule has 116 valence electrons. The minimum Gasteiger partial charge on any atom is -0.481 e. The van der Waals surface area contributed by atoms with Crippen LogP contribution in [0, 0.1) is 6.92 Å². The van der Waals surface area contributed by atoms with Crippen molar-refractivity contribution in [3.63, 3.8) is 0 Å². The number of carboxylic acid groups (broad SMARTS) is 1. The molecule has 3 rings (SSSR count). The lowest BCUT2D eigenvalue weighted by Crippen LogP contribution is -2.29. The van der Waals surface area contributed by atoms with E-state index in [2.05, 4.69) is 9.88 Å². The second-order valence-electron chi connectivity index (χ2n) is 5.45. The number of ether oxygens (including phenoxy) is 1. The highest BCUT2D eigenvalue weighted by Crippen LogP contribution is 2.29. The van der Waals surface area contributed by atoms with Crippen molar-refractivity contribution in [1.82, 2.24) is 9.88 Å². The fraction of sp³-hybridized carbons (Fsp3) is 0.375. The van der Waals surface area contributed by atoms with E-state index in [9.17, 15) is 4.79 Å². The Morgan fingerprint density at radius 2 is 2.32 bits per heavy atom. The number of rotatable bonds is 4. The summed E-state index contributed by atoms with van der Waals surface area (Å²) in [5, 5.41) is 9.09. The number of fused-ring (bicyclic) bond motifs is 1. The number of pyridine rings is 1. The van der Waals surface area contributed by atoms with Gasteiger partial charge < -0.3 is 9.84 Å². The molecule has 2 aromatic heterocycles. The average molecular weight is 318 g/mol. The predicted molar refractivity (Wildman–Crippen MR) is 84.6 cm³/mol. The van der Waals surface area contributed by atoms with E-state index >= 15 is 0 Å². The number of aromatic nitrogens is 1. The zero-order valence-corrected chi connectivity index (χ0v) is 13.4. The number of thiophene rings is 1. The summed E-state index contributed by atoms with van der Waals surface area (Å²) < 4.78 is 5.27. The van der Waals surface area contributed by atoms with Gasteiger partial charge in [0.2, 0.25) is 5.88 Å². The molecule has 0 unspecified atom stereocenters. The molecule has 0 atom stereocenters. The number of hydrogen-bond donors (Lipinski definition) is 1. The number of aromatic carboxylic acids is 1. The predicted octanol–water partition coefficient (Wildman–Crippen LogP) is 2.72. The van der Waals surface area contributed by atoms with Crippen LogP contribution in [0.5, 0.6) is 5.88 Å². The van der Waals surface area contributed by atoms with Crippen LogP contribution in [0.3, 0.4) is 0 Å². The highest BCUT2D eigenvalue weighted by molar-refractivity contribution is 7.14. The molecule has 0 radical (unpaired) electrons. The maximum atomic E-state index is 11.1. The van der Waals surface area contributed by atoms with E-state index < -0.39 is 5.97 Å². The second-order valence-corrected chi connectivity index (χ2v) is 6.59. The lowest BCUT2D eigenvalue weighted by molar-refractivity contribution is 0.0702. The zero-order valence-electron chi connectivity index (χ0n) is 12.6. The van der Waals surface area contributed by atoms with Crippen molar-refractivity contribution in [2.45, 2.75) is 26.4 Å². The highest BCUT2D eigenvalue weighted by Gasteiger charge is 2.21. The molecule has 0 amide bonds. The summed E-state index contributed by atoms with van der Waals surface area (Å²) in [5.41, 5.74) is 3.17. The zero-order chi connectivity index (χ0) is 15.7. The summed E-state index contributed by atoms with van der Waals surface area (Å²) in [5.74, 6) is -0.171. The van der Waals surface area contributed by atoms with Crippen LogP contribution in [0.2, 0.25) is 0 Å². The standard InChI is InChI=1S/C16H18N2O3S/c1-10-3-4-12(17-15(10)21-2)8-18-6-5-11-7-13(16(19)20)22-14(11)9-18/h3-4,7H,5-6,8-9H2,1-2H3,(H,19,20). The Morgan fingerprint density at radius 3 is 3.05 bits per heavy atom. The van der Waals surface area contributed by atoms with Crippen molar-refractivity contribution in [3.8, 4) is 5.88 Å². The molecular weight excluding hydrogens is 300 g/mol. The highest BCUT2D eigenvalue weighted by atomic mass is 32.1. The molecule has 2 aromatic rings. The first kappa shape index (κ1) is 15.0. The van der Waals surface area contributed by atoms with Crippen LogP contribution in [-0.4, -0.2) is 34.6 Å². The number of carboxylic acids is 1. The van der Waals surface area contributed by atoms with Crippen LogP contribution in [0.25, 0.3) is 0 Å². The van der Waals surface area contributed by atoms with Crippen molar-refractivity contribution < 1.29 is 14.6 Å². The Kier molecular flexibility index (Phi) is 4.13. The average Bonchev–Trinajstić information content (AvgIpc) is 2.92. The normalized spacial score (nSPS) is 14.6. The van der Waals surface area contributed by atoms with Gasteiger partial charge in [0.25, 0.3) is 0 Å². The third-order valence-electron chi connectivity index (χ3n) is 3.86. The lowest BCUT2D eigenvalue weighted by atomic mass is 10.1. The van der Waals surface area contributed by atoms with Crippen LogP contribution < -0.4 is 4.74 Å². The van der Waals surface area contributed by atoms with Gasteiger partial charge in [0, 0.05) is 30.1 Å². The molecule has 0 saturated heterocycles. The van der Waals surface area contributed by atoms with Gasteiger partial charge in [-0.1, -0.05) is 6.07 Å². The topological polar surface area (TPSA) is 62.7 Å². The van der Waals surface area contributed by atoms with Crippen LogP contribution in [0.4, 0.5) is 0 Å². The first-order valence-electron chi connectivity index (χ1n) is 7.14. The van der Waals surface area contributed by atoms with E-state index in [0.29, 0.717) is 10.8 Å². The molecule has 0 bridgehead atoms. The minimum absolute atomic E-state index is 0.432.